The molecule has 18 heavy (non-hydrogen) atoms. The fourth-order valence-corrected chi connectivity index (χ4v) is 1.72. The van der Waals surface area contributed by atoms with E-state index in [1.54, 1.807) is 13.1 Å². The molecule has 0 atom stereocenters. The first-order valence-corrected chi connectivity index (χ1v) is 5.90. The molecule has 2 N–H and O–H groups in total. The minimum Gasteiger partial charge on any atom is -0.372 e. The van der Waals surface area contributed by atoms with E-state index in [4.69, 9.17) is 5.73 Å². The van der Waals surface area contributed by atoms with Crippen molar-refractivity contribution >= 4 is 5.69 Å². The van der Waals surface area contributed by atoms with E-state index in [1.807, 2.05) is 18.7 Å². The van der Waals surface area contributed by atoms with Crippen LogP contribution >= 0.6 is 0 Å². The lowest BCUT2D eigenvalue weighted by atomic mass is 10.0. The molecule has 0 radical (unpaired) electrons. The van der Waals surface area contributed by atoms with Gasteiger partial charge in [-0.05, 0) is 44.5 Å². The predicted molar refractivity (Wildman–Crippen MR) is 67.7 cm³/mol. The van der Waals surface area contributed by atoms with Crippen LogP contribution in [0.2, 0.25) is 0 Å². The first-order valence-electron chi connectivity index (χ1n) is 5.90. The number of anilines is 1. The summed E-state index contributed by atoms with van der Waals surface area (Å²) in [5, 5.41) is 0. The molecular weight excluding hydrogens is 241 g/mol. The van der Waals surface area contributed by atoms with Crippen LogP contribution in [0.4, 0.5) is 18.9 Å². The fraction of sp³-hybridized carbons (Fsp3) is 0.538. The zero-order chi connectivity index (χ0) is 13.9. The topological polar surface area (TPSA) is 29.3 Å². The lowest BCUT2D eigenvalue weighted by molar-refractivity contribution is -0.138. The zero-order valence-corrected chi connectivity index (χ0v) is 10.9. The highest BCUT2D eigenvalue weighted by Crippen LogP contribution is 2.34. The maximum absolute atomic E-state index is 13.0. The van der Waals surface area contributed by atoms with Gasteiger partial charge in [0.05, 0.1) is 5.56 Å². The summed E-state index contributed by atoms with van der Waals surface area (Å²) in [5.41, 5.74) is 5.58. The molecule has 5 heteroatoms. The monoisotopic (exact) mass is 260 g/mol. The molecule has 0 heterocycles. The summed E-state index contributed by atoms with van der Waals surface area (Å²) >= 11 is 0. The molecule has 0 fully saturated rings. The van der Waals surface area contributed by atoms with E-state index in [-0.39, 0.29) is 24.6 Å². The minimum atomic E-state index is -4.33. The summed E-state index contributed by atoms with van der Waals surface area (Å²) in [7, 11) is 1.78. The molecular formula is C13H19F3N2. The molecule has 0 amide bonds. The molecule has 0 aromatic heterocycles. The number of nitrogens with zero attached hydrogens (tertiary/aromatic N) is 1. The zero-order valence-electron chi connectivity index (χ0n) is 10.9. The maximum Gasteiger partial charge on any atom is 0.416 e. The van der Waals surface area contributed by atoms with Crippen LogP contribution in [0.15, 0.2) is 18.2 Å². The van der Waals surface area contributed by atoms with Crippen molar-refractivity contribution in [2.45, 2.75) is 32.5 Å². The Morgan fingerprint density at radius 1 is 1.28 bits per heavy atom. The highest BCUT2D eigenvalue weighted by Gasteiger charge is 2.33. The van der Waals surface area contributed by atoms with Gasteiger partial charge in [-0.1, -0.05) is 6.07 Å². The Balaban J connectivity index is 3.21. The average Bonchev–Trinajstić information content (AvgIpc) is 2.27. The highest BCUT2D eigenvalue weighted by atomic mass is 19.4. The van der Waals surface area contributed by atoms with Crippen molar-refractivity contribution in [3.8, 4) is 0 Å². The third-order valence-corrected chi connectivity index (χ3v) is 2.99. The van der Waals surface area contributed by atoms with Crippen LogP contribution in [0.3, 0.4) is 0 Å². The molecule has 1 aromatic rings. The second kappa shape index (κ2) is 5.61. The van der Waals surface area contributed by atoms with Crippen LogP contribution in [0.1, 0.15) is 25.0 Å². The Morgan fingerprint density at radius 3 is 2.33 bits per heavy atom. The normalized spacial score (nSPS) is 12.0. The molecule has 0 unspecified atom stereocenters. The Kier molecular flexibility index (Phi) is 4.62. The third-order valence-electron chi connectivity index (χ3n) is 2.99. The van der Waals surface area contributed by atoms with Crippen LogP contribution in [0.25, 0.3) is 0 Å². The first kappa shape index (κ1) is 14.8. The van der Waals surface area contributed by atoms with Gasteiger partial charge in [0.15, 0.2) is 0 Å². The third kappa shape index (κ3) is 3.38. The predicted octanol–water partition coefficient (Wildman–Crippen LogP) is 3.05. The van der Waals surface area contributed by atoms with Crippen LogP contribution in [-0.2, 0) is 12.6 Å². The van der Waals surface area contributed by atoms with E-state index >= 15 is 0 Å². The van der Waals surface area contributed by atoms with E-state index in [2.05, 4.69) is 0 Å². The molecule has 1 aromatic carbocycles. The summed E-state index contributed by atoms with van der Waals surface area (Å²) < 4.78 is 38.9. The van der Waals surface area contributed by atoms with Gasteiger partial charge in [-0.3, -0.25) is 0 Å². The van der Waals surface area contributed by atoms with Gasteiger partial charge in [0.25, 0.3) is 0 Å². The summed E-state index contributed by atoms with van der Waals surface area (Å²) in [5.74, 6) is 0. The molecule has 0 saturated heterocycles. The van der Waals surface area contributed by atoms with Crippen molar-refractivity contribution in [1.82, 2.24) is 0 Å². The van der Waals surface area contributed by atoms with E-state index in [0.29, 0.717) is 5.69 Å². The lowest BCUT2D eigenvalue weighted by Gasteiger charge is -2.25. The second-order valence-corrected chi connectivity index (χ2v) is 4.58. The van der Waals surface area contributed by atoms with E-state index in [1.165, 1.54) is 12.1 Å². The quantitative estimate of drug-likeness (QED) is 0.901. The average molecular weight is 260 g/mol. The lowest BCUT2D eigenvalue weighted by Crippen LogP contribution is -2.26. The maximum atomic E-state index is 13.0. The van der Waals surface area contributed by atoms with Crippen molar-refractivity contribution in [1.29, 1.82) is 0 Å². The van der Waals surface area contributed by atoms with Gasteiger partial charge in [-0.15, -0.1) is 0 Å². The number of hydrogen-bond acceptors (Lipinski definition) is 2. The number of nitrogens with two attached hydrogens (primary N) is 1. The van der Waals surface area contributed by atoms with Crippen molar-refractivity contribution in [3.63, 3.8) is 0 Å². The van der Waals surface area contributed by atoms with Crippen LogP contribution in [0.5, 0.6) is 0 Å². The molecule has 0 spiro atoms. The Labute approximate surface area is 106 Å². The van der Waals surface area contributed by atoms with Gasteiger partial charge >= 0.3 is 6.18 Å². The van der Waals surface area contributed by atoms with E-state index in [9.17, 15) is 13.2 Å². The number of alkyl halides is 3. The summed E-state index contributed by atoms with van der Waals surface area (Å²) in [6.07, 6.45) is -4.10. The molecule has 102 valence electrons. The van der Waals surface area contributed by atoms with Gasteiger partial charge in [-0.25, -0.2) is 0 Å². The molecule has 0 aliphatic rings. The highest BCUT2D eigenvalue weighted by molar-refractivity contribution is 5.52. The molecule has 2 nitrogen and oxygen atoms in total. The molecule has 0 aliphatic heterocycles. The van der Waals surface area contributed by atoms with E-state index in [0.717, 1.165) is 0 Å². The molecule has 0 aliphatic carbocycles. The van der Waals surface area contributed by atoms with Gasteiger partial charge in [-0.2, -0.15) is 13.2 Å². The summed E-state index contributed by atoms with van der Waals surface area (Å²) in [6, 6.07) is 4.57. The molecule has 0 saturated carbocycles. The minimum absolute atomic E-state index is 0.145. The van der Waals surface area contributed by atoms with Crippen molar-refractivity contribution in [2.24, 2.45) is 5.73 Å². The van der Waals surface area contributed by atoms with Crippen molar-refractivity contribution < 1.29 is 13.2 Å². The van der Waals surface area contributed by atoms with Crippen molar-refractivity contribution in [2.75, 3.05) is 18.5 Å². The summed E-state index contributed by atoms with van der Waals surface area (Å²) in [6.45, 7) is 4.07. The van der Waals surface area contributed by atoms with Gasteiger partial charge in [0.2, 0.25) is 0 Å². The Hall–Kier alpha value is -1.23. The largest absolute Gasteiger partial charge is 0.416 e. The smallest absolute Gasteiger partial charge is 0.372 e. The number of rotatable bonds is 4. The SMILES string of the molecule is CC(C)N(C)c1ccc(CCN)c(C(F)(F)F)c1. The van der Waals surface area contributed by atoms with Crippen LogP contribution < -0.4 is 10.6 Å². The second-order valence-electron chi connectivity index (χ2n) is 4.58. The number of halogens is 3. The first-order chi connectivity index (χ1) is 8.27. The molecule has 0 bridgehead atoms. The summed E-state index contributed by atoms with van der Waals surface area (Å²) in [4.78, 5) is 1.81. The van der Waals surface area contributed by atoms with E-state index < -0.39 is 11.7 Å². The van der Waals surface area contributed by atoms with Gasteiger partial charge in [0, 0.05) is 18.8 Å². The van der Waals surface area contributed by atoms with Gasteiger partial charge in [0.1, 0.15) is 0 Å². The Bertz CT molecular complexity index is 400. The van der Waals surface area contributed by atoms with Crippen LogP contribution in [0, 0.1) is 0 Å². The van der Waals surface area contributed by atoms with Crippen LogP contribution in [-0.4, -0.2) is 19.6 Å². The van der Waals surface area contributed by atoms with Gasteiger partial charge < -0.3 is 10.6 Å². The Morgan fingerprint density at radius 2 is 1.89 bits per heavy atom. The molecule has 1 rings (SSSR count). The van der Waals surface area contributed by atoms with Crippen molar-refractivity contribution in [3.05, 3.63) is 29.3 Å². The number of hydrogen-bond donors (Lipinski definition) is 1. The number of benzene rings is 1. The fourth-order valence-electron chi connectivity index (χ4n) is 1.72. The standard InChI is InChI=1S/C13H19F3N2/c1-9(2)18(3)11-5-4-10(6-7-17)12(8-11)13(14,15)16/h4-5,8-9H,6-7,17H2,1-3H3.